The highest BCUT2D eigenvalue weighted by Crippen LogP contribution is 2.43. The number of para-hydroxylation sites is 2. The molecule has 0 amide bonds. The number of rotatable bonds is 7. The average Bonchev–Trinajstić information content (AvgIpc) is 3.90. The normalized spacial score (nSPS) is 11.5. The van der Waals surface area contributed by atoms with Crippen LogP contribution in [0.15, 0.2) is 223 Å². The van der Waals surface area contributed by atoms with Crippen molar-refractivity contribution >= 4 is 43.7 Å². The molecule has 3 heterocycles. The van der Waals surface area contributed by atoms with Gasteiger partial charge < -0.3 is 8.98 Å². The first-order valence-corrected chi connectivity index (χ1v) is 20.9. The minimum atomic E-state index is 0.614. The minimum absolute atomic E-state index is 0.614. The van der Waals surface area contributed by atoms with E-state index in [-0.39, 0.29) is 0 Å². The lowest BCUT2D eigenvalue weighted by Crippen LogP contribution is -2.01. The molecule has 290 valence electrons. The van der Waals surface area contributed by atoms with E-state index in [0.29, 0.717) is 17.5 Å². The minimum Gasteiger partial charge on any atom is -0.455 e. The van der Waals surface area contributed by atoms with Crippen molar-refractivity contribution in [2.24, 2.45) is 0 Å². The predicted molar refractivity (Wildman–Crippen MR) is 254 cm³/mol. The van der Waals surface area contributed by atoms with Gasteiger partial charge in [0.2, 0.25) is 0 Å². The lowest BCUT2D eigenvalue weighted by atomic mass is 9.91. The Morgan fingerprint density at radius 2 is 0.790 bits per heavy atom. The van der Waals surface area contributed by atoms with Gasteiger partial charge in [-0.1, -0.05) is 182 Å². The van der Waals surface area contributed by atoms with Gasteiger partial charge >= 0.3 is 0 Å². The standard InChI is InChI=1S/C57H36N4O/c1-4-18-37(19-5-1)49-35-41(61-51-30-16-14-27-45(51)46-28-15-17-31-52(46)61)36-50-47-33-32-40(34-53(47)62-54(49)50)42-24-10-11-25-43(42)44-26-12-13-29-48(44)57-59-55(38-20-6-2-7-21-38)58-56(60-57)39-22-8-3-9-23-39/h1-36H. The maximum Gasteiger partial charge on any atom is 0.164 e. The molecule has 0 unspecified atom stereocenters. The first-order valence-electron chi connectivity index (χ1n) is 20.9. The number of benzene rings is 9. The lowest BCUT2D eigenvalue weighted by Gasteiger charge is -2.15. The summed E-state index contributed by atoms with van der Waals surface area (Å²) in [5.74, 6) is 1.87. The van der Waals surface area contributed by atoms with Crippen molar-refractivity contribution in [3.8, 4) is 73.2 Å². The molecule has 0 saturated heterocycles. The summed E-state index contributed by atoms with van der Waals surface area (Å²) in [5.41, 5.74) is 14.3. The Hall–Kier alpha value is -8.41. The van der Waals surface area contributed by atoms with Crippen molar-refractivity contribution in [1.82, 2.24) is 19.5 Å². The Labute approximate surface area is 357 Å². The summed E-state index contributed by atoms with van der Waals surface area (Å²) in [5, 5.41) is 4.60. The van der Waals surface area contributed by atoms with Crippen LogP contribution in [0.3, 0.4) is 0 Å². The molecule has 0 aliphatic heterocycles. The van der Waals surface area contributed by atoms with E-state index in [2.05, 4.69) is 156 Å². The molecule has 12 rings (SSSR count). The van der Waals surface area contributed by atoms with E-state index in [1.807, 2.05) is 66.7 Å². The first kappa shape index (κ1) is 35.5. The third kappa shape index (κ3) is 5.98. The van der Waals surface area contributed by atoms with E-state index < -0.39 is 0 Å². The molecule has 5 heteroatoms. The molecule has 62 heavy (non-hydrogen) atoms. The Balaban J connectivity index is 1.03. The second kappa shape index (κ2) is 14.7. The van der Waals surface area contributed by atoms with Crippen LogP contribution in [0.5, 0.6) is 0 Å². The summed E-state index contributed by atoms with van der Waals surface area (Å²) in [6, 6.07) is 76.2. The molecule has 0 N–H and O–H groups in total. The van der Waals surface area contributed by atoms with Gasteiger partial charge in [-0.3, -0.25) is 0 Å². The first-order chi connectivity index (χ1) is 30.7. The summed E-state index contributed by atoms with van der Waals surface area (Å²) in [4.78, 5) is 15.2. The average molecular weight is 793 g/mol. The van der Waals surface area contributed by atoms with E-state index in [1.54, 1.807) is 0 Å². The van der Waals surface area contributed by atoms with Crippen LogP contribution in [0, 0.1) is 0 Å². The van der Waals surface area contributed by atoms with Crippen LogP contribution in [-0.4, -0.2) is 19.5 Å². The zero-order valence-electron chi connectivity index (χ0n) is 33.5. The van der Waals surface area contributed by atoms with Crippen molar-refractivity contribution in [3.63, 3.8) is 0 Å². The van der Waals surface area contributed by atoms with Gasteiger partial charge in [-0.05, 0) is 64.2 Å². The van der Waals surface area contributed by atoms with Gasteiger partial charge in [-0.15, -0.1) is 0 Å². The molecule has 0 aliphatic carbocycles. The molecule has 0 atom stereocenters. The van der Waals surface area contributed by atoms with Crippen LogP contribution in [0.2, 0.25) is 0 Å². The molecule has 0 saturated carbocycles. The van der Waals surface area contributed by atoms with Crippen LogP contribution in [0.4, 0.5) is 0 Å². The maximum absolute atomic E-state index is 6.96. The summed E-state index contributed by atoms with van der Waals surface area (Å²) in [7, 11) is 0. The monoisotopic (exact) mass is 792 g/mol. The number of nitrogens with zero attached hydrogens (tertiary/aromatic N) is 4. The fourth-order valence-corrected chi connectivity index (χ4v) is 9.00. The third-order valence-electron chi connectivity index (χ3n) is 11.9. The zero-order valence-corrected chi connectivity index (χ0v) is 33.5. The summed E-state index contributed by atoms with van der Waals surface area (Å²) >= 11 is 0. The molecule has 9 aromatic carbocycles. The second-order valence-corrected chi connectivity index (χ2v) is 15.5. The highest BCUT2D eigenvalue weighted by Gasteiger charge is 2.21. The van der Waals surface area contributed by atoms with Crippen molar-refractivity contribution in [1.29, 1.82) is 0 Å². The van der Waals surface area contributed by atoms with Gasteiger partial charge in [0.25, 0.3) is 0 Å². The molecular formula is C57H36N4O. The van der Waals surface area contributed by atoms with Crippen LogP contribution in [0.1, 0.15) is 0 Å². The van der Waals surface area contributed by atoms with Crippen LogP contribution in [0.25, 0.3) is 117 Å². The summed E-state index contributed by atoms with van der Waals surface area (Å²) in [6.45, 7) is 0. The van der Waals surface area contributed by atoms with Gasteiger partial charge in [-0.2, -0.15) is 0 Å². The molecule has 0 aliphatic rings. The van der Waals surface area contributed by atoms with Crippen molar-refractivity contribution < 1.29 is 4.42 Å². The van der Waals surface area contributed by atoms with E-state index in [4.69, 9.17) is 19.4 Å². The second-order valence-electron chi connectivity index (χ2n) is 15.5. The number of furan rings is 1. The molecule has 0 spiro atoms. The molecule has 3 aromatic heterocycles. The van der Waals surface area contributed by atoms with Gasteiger partial charge in [0.1, 0.15) is 11.2 Å². The van der Waals surface area contributed by atoms with Gasteiger partial charge in [0.15, 0.2) is 17.5 Å². The number of aromatic nitrogens is 4. The van der Waals surface area contributed by atoms with Crippen LogP contribution >= 0.6 is 0 Å². The topological polar surface area (TPSA) is 56.7 Å². The quantitative estimate of drug-likeness (QED) is 0.161. The SMILES string of the molecule is c1ccc(-c2nc(-c3ccccc3)nc(-c3ccccc3-c3ccccc3-c3ccc4c(c3)oc3c(-c5ccccc5)cc(-n5c6ccccc6c6ccccc65)cc34)n2)cc1. The Kier molecular flexibility index (Phi) is 8.42. The number of hydrogen-bond donors (Lipinski definition) is 0. The third-order valence-corrected chi connectivity index (χ3v) is 11.9. The fourth-order valence-electron chi connectivity index (χ4n) is 9.00. The van der Waals surface area contributed by atoms with E-state index in [9.17, 15) is 0 Å². The molecule has 5 nitrogen and oxygen atoms in total. The van der Waals surface area contributed by atoms with E-state index in [0.717, 1.165) is 77.7 Å². The van der Waals surface area contributed by atoms with Crippen LogP contribution < -0.4 is 0 Å². The zero-order chi connectivity index (χ0) is 41.0. The van der Waals surface area contributed by atoms with Crippen molar-refractivity contribution in [3.05, 3.63) is 218 Å². The van der Waals surface area contributed by atoms with E-state index in [1.165, 1.54) is 21.8 Å². The van der Waals surface area contributed by atoms with Crippen LogP contribution in [-0.2, 0) is 0 Å². The molecule has 0 radical (unpaired) electrons. The predicted octanol–water partition coefficient (Wildman–Crippen LogP) is 14.9. The van der Waals surface area contributed by atoms with Gasteiger partial charge in [-0.25, -0.2) is 15.0 Å². The lowest BCUT2D eigenvalue weighted by molar-refractivity contribution is 0.670. The largest absolute Gasteiger partial charge is 0.455 e. The number of fused-ring (bicyclic) bond motifs is 6. The molecular weight excluding hydrogens is 757 g/mol. The van der Waals surface area contributed by atoms with Crippen molar-refractivity contribution in [2.45, 2.75) is 0 Å². The summed E-state index contributed by atoms with van der Waals surface area (Å²) in [6.07, 6.45) is 0. The highest BCUT2D eigenvalue weighted by atomic mass is 16.3. The Bertz CT molecular complexity index is 3520. The van der Waals surface area contributed by atoms with Crippen molar-refractivity contribution in [2.75, 3.05) is 0 Å². The Morgan fingerprint density at radius 1 is 0.306 bits per heavy atom. The number of hydrogen-bond acceptors (Lipinski definition) is 4. The fraction of sp³-hybridized carbons (Fsp3) is 0. The molecule has 0 fully saturated rings. The van der Waals surface area contributed by atoms with Gasteiger partial charge in [0.05, 0.1) is 11.0 Å². The highest BCUT2D eigenvalue weighted by molar-refractivity contribution is 6.13. The molecule has 12 aromatic rings. The summed E-state index contributed by atoms with van der Waals surface area (Å²) < 4.78 is 9.34. The molecule has 0 bridgehead atoms. The Morgan fingerprint density at radius 3 is 1.40 bits per heavy atom. The van der Waals surface area contributed by atoms with Gasteiger partial charge in [0, 0.05) is 49.5 Å². The smallest absolute Gasteiger partial charge is 0.164 e. The maximum atomic E-state index is 6.96. The van der Waals surface area contributed by atoms with E-state index >= 15 is 0 Å².